The molecule has 13 heteroatoms. The highest BCUT2D eigenvalue weighted by Gasteiger charge is 2.75. The number of alkyl halides is 8. The number of hydrogen-bond donors (Lipinski definition) is 0. The molecule has 0 bridgehead atoms. The Labute approximate surface area is 142 Å². The molecular weight excluding hydrogens is 388 g/mol. The predicted octanol–water partition coefficient (Wildman–Crippen LogP) is 3.06. The summed E-state index contributed by atoms with van der Waals surface area (Å²) < 4.78 is 114. The van der Waals surface area contributed by atoms with Crippen LogP contribution in [0.4, 0.5) is 35.1 Å². The van der Waals surface area contributed by atoms with E-state index in [1.54, 1.807) is 6.92 Å². The smallest absolute Gasteiger partial charge is 0.381 e. The number of esters is 2. The maximum atomic E-state index is 13.1. The SMILES string of the molecule is CCOCCOC(=O)CCC(=O)OCC(F)(F)C(F)(F)C(F)(F)C(F)F. The van der Waals surface area contributed by atoms with Crippen LogP contribution < -0.4 is 0 Å². The zero-order valence-corrected chi connectivity index (χ0v) is 13.4. The average Bonchev–Trinajstić information content (AvgIpc) is 2.54. The summed E-state index contributed by atoms with van der Waals surface area (Å²) in [6, 6.07) is 0. The van der Waals surface area contributed by atoms with Gasteiger partial charge in [-0.25, -0.2) is 8.78 Å². The van der Waals surface area contributed by atoms with Gasteiger partial charge in [0, 0.05) is 6.61 Å². The topological polar surface area (TPSA) is 61.8 Å². The lowest BCUT2D eigenvalue weighted by Crippen LogP contribution is -2.59. The molecule has 0 aliphatic rings. The molecule has 0 amide bonds. The molecular formula is C13H16F8O5. The Morgan fingerprint density at radius 2 is 1.38 bits per heavy atom. The number of hydrogen-bond acceptors (Lipinski definition) is 5. The van der Waals surface area contributed by atoms with Crippen molar-refractivity contribution in [1.29, 1.82) is 0 Å². The molecule has 26 heavy (non-hydrogen) atoms. The van der Waals surface area contributed by atoms with Gasteiger partial charge >= 0.3 is 36.1 Å². The van der Waals surface area contributed by atoms with Crippen molar-refractivity contribution in [3.8, 4) is 0 Å². The van der Waals surface area contributed by atoms with Crippen LogP contribution in [0.25, 0.3) is 0 Å². The molecule has 0 unspecified atom stereocenters. The number of rotatable bonds is 12. The Kier molecular flexibility index (Phi) is 9.25. The molecule has 0 heterocycles. The van der Waals surface area contributed by atoms with Gasteiger partial charge in [0.2, 0.25) is 0 Å². The second kappa shape index (κ2) is 9.88. The first-order valence-electron chi connectivity index (χ1n) is 7.10. The molecule has 0 rings (SSSR count). The van der Waals surface area contributed by atoms with Crippen LogP contribution in [0, 0.1) is 0 Å². The van der Waals surface area contributed by atoms with Crippen LogP contribution in [0.5, 0.6) is 0 Å². The van der Waals surface area contributed by atoms with Crippen molar-refractivity contribution in [3.05, 3.63) is 0 Å². The number of ether oxygens (including phenoxy) is 3. The molecule has 0 saturated carbocycles. The Balaban J connectivity index is 4.46. The van der Waals surface area contributed by atoms with Gasteiger partial charge in [-0.3, -0.25) is 9.59 Å². The van der Waals surface area contributed by atoms with Gasteiger partial charge in [0.05, 0.1) is 19.4 Å². The molecule has 0 aromatic carbocycles. The molecule has 0 fully saturated rings. The van der Waals surface area contributed by atoms with Crippen molar-refractivity contribution in [3.63, 3.8) is 0 Å². The predicted molar refractivity (Wildman–Crippen MR) is 68.5 cm³/mol. The summed E-state index contributed by atoms with van der Waals surface area (Å²) in [5, 5.41) is 0. The zero-order chi connectivity index (χ0) is 20.6. The Hall–Kier alpha value is -1.66. The number of halogens is 8. The molecule has 0 saturated heterocycles. The minimum atomic E-state index is -6.47. The summed E-state index contributed by atoms with van der Waals surface area (Å²) in [5.74, 6) is -21.1. The monoisotopic (exact) mass is 404 g/mol. The van der Waals surface area contributed by atoms with Crippen molar-refractivity contribution in [2.75, 3.05) is 26.4 Å². The van der Waals surface area contributed by atoms with E-state index in [4.69, 9.17) is 4.74 Å². The van der Waals surface area contributed by atoms with Crippen LogP contribution in [0.1, 0.15) is 19.8 Å². The molecule has 154 valence electrons. The lowest BCUT2D eigenvalue weighted by Gasteiger charge is -2.31. The molecule has 5 nitrogen and oxygen atoms in total. The first-order chi connectivity index (χ1) is 11.8. The third-order valence-electron chi connectivity index (χ3n) is 2.79. The second-order valence-electron chi connectivity index (χ2n) is 4.78. The van der Waals surface area contributed by atoms with Crippen LogP contribution in [0.15, 0.2) is 0 Å². The van der Waals surface area contributed by atoms with E-state index >= 15 is 0 Å². The van der Waals surface area contributed by atoms with Gasteiger partial charge in [-0.1, -0.05) is 0 Å². The highest BCUT2D eigenvalue weighted by Crippen LogP contribution is 2.48. The summed E-state index contributed by atoms with van der Waals surface area (Å²) in [4.78, 5) is 22.3. The summed E-state index contributed by atoms with van der Waals surface area (Å²) in [6.07, 6.45) is -6.61. The Morgan fingerprint density at radius 1 is 0.885 bits per heavy atom. The lowest BCUT2D eigenvalue weighted by molar-refractivity contribution is -0.344. The normalized spacial score (nSPS) is 13.0. The maximum Gasteiger partial charge on any atom is 0.381 e. The standard InChI is InChI=1S/C13H16F8O5/c1-2-24-5-6-25-8(22)3-4-9(23)26-7-11(16,17)13(20,21)12(18,19)10(14)15/h10H,2-7H2,1H3. The Bertz CT molecular complexity index is 469. The van der Waals surface area contributed by atoms with E-state index in [2.05, 4.69) is 9.47 Å². The van der Waals surface area contributed by atoms with Crippen LogP contribution in [-0.2, 0) is 23.8 Å². The van der Waals surface area contributed by atoms with Crippen molar-refractivity contribution in [1.82, 2.24) is 0 Å². The fourth-order valence-electron chi connectivity index (χ4n) is 1.35. The molecule has 0 N–H and O–H groups in total. The van der Waals surface area contributed by atoms with Gasteiger partial charge in [0.15, 0.2) is 6.61 Å². The maximum absolute atomic E-state index is 13.1. The van der Waals surface area contributed by atoms with E-state index in [0.29, 0.717) is 6.61 Å². The molecule has 0 aliphatic carbocycles. The van der Waals surface area contributed by atoms with Gasteiger partial charge < -0.3 is 14.2 Å². The van der Waals surface area contributed by atoms with Crippen molar-refractivity contribution in [2.45, 2.75) is 44.0 Å². The highest BCUT2D eigenvalue weighted by atomic mass is 19.4. The van der Waals surface area contributed by atoms with E-state index < -0.39 is 55.6 Å². The first-order valence-corrected chi connectivity index (χ1v) is 7.10. The lowest BCUT2D eigenvalue weighted by atomic mass is 10.1. The minimum Gasteiger partial charge on any atom is -0.463 e. The second-order valence-corrected chi connectivity index (χ2v) is 4.78. The summed E-state index contributed by atoms with van der Waals surface area (Å²) in [5.41, 5.74) is 0. The van der Waals surface area contributed by atoms with Crippen molar-refractivity contribution >= 4 is 11.9 Å². The summed E-state index contributed by atoms with van der Waals surface area (Å²) in [6.45, 7) is -0.636. The third kappa shape index (κ3) is 6.57. The quantitative estimate of drug-likeness (QED) is 0.284. The van der Waals surface area contributed by atoms with Crippen LogP contribution in [0.2, 0.25) is 0 Å². The van der Waals surface area contributed by atoms with E-state index in [9.17, 15) is 44.7 Å². The molecule has 0 aromatic heterocycles. The van der Waals surface area contributed by atoms with E-state index in [-0.39, 0.29) is 13.2 Å². The van der Waals surface area contributed by atoms with Gasteiger partial charge in [-0.05, 0) is 6.92 Å². The molecule has 0 aliphatic heterocycles. The molecule has 0 spiro atoms. The fraction of sp³-hybridized carbons (Fsp3) is 0.846. The highest BCUT2D eigenvalue weighted by molar-refractivity contribution is 5.77. The fourth-order valence-corrected chi connectivity index (χ4v) is 1.35. The third-order valence-corrected chi connectivity index (χ3v) is 2.79. The van der Waals surface area contributed by atoms with Gasteiger partial charge in [0.25, 0.3) is 0 Å². The van der Waals surface area contributed by atoms with E-state index in [0.717, 1.165) is 0 Å². The largest absolute Gasteiger partial charge is 0.463 e. The zero-order valence-electron chi connectivity index (χ0n) is 13.4. The van der Waals surface area contributed by atoms with Gasteiger partial charge in [0.1, 0.15) is 6.61 Å². The molecule has 0 aromatic rings. The van der Waals surface area contributed by atoms with Crippen LogP contribution in [-0.4, -0.2) is 62.6 Å². The van der Waals surface area contributed by atoms with Crippen LogP contribution in [0.3, 0.4) is 0 Å². The van der Waals surface area contributed by atoms with E-state index in [1.807, 2.05) is 0 Å². The van der Waals surface area contributed by atoms with Crippen molar-refractivity contribution < 1.29 is 58.9 Å². The molecule has 0 atom stereocenters. The van der Waals surface area contributed by atoms with Crippen molar-refractivity contribution in [2.24, 2.45) is 0 Å². The first kappa shape index (κ1) is 24.3. The van der Waals surface area contributed by atoms with Gasteiger partial charge in [-0.2, -0.15) is 26.3 Å². The van der Waals surface area contributed by atoms with E-state index in [1.165, 1.54) is 0 Å². The molecule has 0 radical (unpaired) electrons. The van der Waals surface area contributed by atoms with Crippen LogP contribution >= 0.6 is 0 Å². The Morgan fingerprint density at radius 3 is 1.85 bits per heavy atom. The summed E-state index contributed by atoms with van der Waals surface area (Å²) in [7, 11) is 0. The number of carbonyl (C=O) groups excluding carboxylic acids is 2. The minimum absolute atomic E-state index is 0.0618. The van der Waals surface area contributed by atoms with Gasteiger partial charge in [-0.15, -0.1) is 0 Å². The summed E-state index contributed by atoms with van der Waals surface area (Å²) >= 11 is 0. The number of carbonyl (C=O) groups is 2. The average molecular weight is 404 g/mol.